The Labute approximate surface area is 102 Å². The minimum atomic E-state index is 0.417. The third-order valence-corrected chi connectivity index (χ3v) is 4.35. The van der Waals surface area contributed by atoms with Crippen molar-refractivity contribution in [3.63, 3.8) is 0 Å². The van der Waals surface area contributed by atoms with Crippen molar-refractivity contribution in [1.29, 1.82) is 0 Å². The molecule has 16 heavy (non-hydrogen) atoms. The van der Waals surface area contributed by atoms with Crippen LogP contribution in [0.3, 0.4) is 0 Å². The lowest BCUT2D eigenvalue weighted by Crippen LogP contribution is -2.37. The second-order valence-corrected chi connectivity index (χ2v) is 5.76. The summed E-state index contributed by atoms with van der Waals surface area (Å²) in [5.41, 5.74) is 0. The van der Waals surface area contributed by atoms with Crippen LogP contribution >= 0.6 is 11.3 Å². The van der Waals surface area contributed by atoms with E-state index in [1.54, 1.807) is 0 Å². The summed E-state index contributed by atoms with van der Waals surface area (Å²) in [7, 11) is 0. The maximum absolute atomic E-state index is 5.54. The third kappa shape index (κ3) is 3.30. The molecule has 2 heterocycles. The van der Waals surface area contributed by atoms with Gasteiger partial charge < -0.3 is 10.1 Å². The van der Waals surface area contributed by atoms with Crippen LogP contribution < -0.4 is 5.32 Å². The highest BCUT2D eigenvalue weighted by molar-refractivity contribution is 7.11. The molecule has 1 fully saturated rings. The molecule has 0 amide bonds. The lowest BCUT2D eigenvalue weighted by atomic mass is 10.0. The molecular weight excluding hydrogens is 218 g/mol. The minimum Gasteiger partial charge on any atom is -0.378 e. The molecule has 3 heteroatoms. The Hall–Kier alpha value is -0.380. The summed E-state index contributed by atoms with van der Waals surface area (Å²) in [6.07, 6.45) is 3.86. The predicted octanol–water partition coefficient (Wildman–Crippen LogP) is 2.97. The van der Waals surface area contributed by atoms with Gasteiger partial charge in [0, 0.05) is 28.9 Å². The van der Waals surface area contributed by atoms with Crippen LogP contribution in [0.1, 0.15) is 36.4 Å². The van der Waals surface area contributed by atoms with Gasteiger partial charge in [-0.05, 0) is 38.3 Å². The number of aryl methyl sites for hydroxylation is 1. The van der Waals surface area contributed by atoms with Crippen molar-refractivity contribution in [2.45, 2.75) is 51.8 Å². The number of hydrogen-bond donors (Lipinski definition) is 1. The van der Waals surface area contributed by atoms with Gasteiger partial charge in [-0.15, -0.1) is 11.3 Å². The van der Waals surface area contributed by atoms with Gasteiger partial charge in [-0.25, -0.2) is 0 Å². The van der Waals surface area contributed by atoms with Gasteiger partial charge in [0.25, 0.3) is 0 Å². The summed E-state index contributed by atoms with van der Waals surface area (Å²) in [6, 6.07) is 5.13. The second-order valence-electron chi connectivity index (χ2n) is 4.51. The summed E-state index contributed by atoms with van der Waals surface area (Å²) in [5.74, 6) is 0. The maximum atomic E-state index is 5.54. The maximum Gasteiger partial charge on any atom is 0.0561 e. The van der Waals surface area contributed by atoms with Crippen LogP contribution in [0.4, 0.5) is 0 Å². The van der Waals surface area contributed by atoms with Crippen molar-refractivity contribution in [2.75, 3.05) is 6.61 Å². The van der Waals surface area contributed by atoms with E-state index in [1.807, 2.05) is 11.3 Å². The molecule has 0 aromatic carbocycles. The van der Waals surface area contributed by atoms with Crippen LogP contribution in [-0.2, 0) is 17.7 Å². The first-order chi connectivity index (χ1) is 7.78. The van der Waals surface area contributed by atoms with E-state index in [0.717, 1.165) is 32.4 Å². The fraction of sp³-hybridized carbons (Fsp3) is 0.692. The Morgan fingerprint density at radius 3 is 2.94 bits per heavy atom. The average molecular weight is 239 g/mol. The van der Waals surface area contributed by atoms with Crippen molar-refractivity contribution in [2.24, 2.45) is 0 Å². The number of ether oxygens (including phenoxy) is 1. The standard InChI is InChI=1S/C13H21NOS/c1-3-12-4-5-13(16-12)9-14-11-6-7-15-10(2)8-11/h4-5,10-11,14H,3,6-9H2,1-2H3. The highest BCUT2D eigenvalue weighted by atomic mass is 32.1. The Kier molecular flexibility index (Phi) is 4.38. The molecule has 2 atom stereocenters. The second kappa shape index (κ2) is 5.80. The summed E-state index contributed by atoms with van der Waals surface area (Å²) in [4.78, 5) is 2.94. The van der Waals surface area contributed by atoms with Gasteiger partial charge in [0.1, 0.15) is 0 Å². The van der Waals surface area contributed by atoms with Gasteiger partial charge in [0.2, 0.25) is 0 Å². The smallest absolute Gasteiger partial charge is 0.0561 e. The molecule has 0 radical (unpaired) electrons. The summed E-state index contributed by atoms with van der Waals surface area (Å²) < 4.78 is 5.54. The largest absolute Gasteiger partial charge is 0.378 e. The first-order valence-electron chi connectivity index (χ1n) is 6.20. The molecule has 0 aliphatic carbocycles. The van der Waals surface area contributed by atoms with Gasteiger partial charge in [0.05, 0.1) is 6.10 Å². The lowest BCUT2D eigenvalue weighted by Gasteiger charge is -2.27. The molecular formula is C13H21NOS. The zero-order valence-electron chi connectivity index (χ0n) is 10.2. The van der Waals surface area contributed by atoms with E-state index in [2.05, 4.69) is 31.3 Å². The van der Waals surface area contributed by atoms with Crippen LogP contribution in [0.25, 0.3) is 0 Å². The van der Waals surface area contributed by atoms with Crippen LogP contribution in [0.2, 0.25) is 0 Å². The first kappa shape index (κ1) is 12.1. The molecule has 1 N–H and O–H groups in total. The Morgan fingerprint density at radius 2 is 2.25 bits per heavy atom. The van der Waals surface area contributed by atoms with E-state index < -0.39 is 0 Å². The fourth-order valence-electron chi connectivity index (χ4n) is 2.14. The first-order valence-corrected chi connectivity index (χ1v) is 7.02. The van der Waals surface area contributed by atoms with E-state index >= 15 is 0 Å². The number of thiophene rings is 1. The van der Waals surface area contributed by atoms with E-state index in [1.165, 1.54) is 9.75 Å². The van der Waals surface area contributed by atoms with Crippen molar-refractivity contribution >= 4 is 11.3 Å². The highest BCUT2D eigenvalue weighted by Gasteiger charge is 2.18. The predicted molar refractivity (Wildman–Crippen MR) is 69.0 cm³/mol. The van der Waals surface area contributed by atoms with Gasteiger partial charge in [-0.1, -0.05) is 6.92 Å². The van der Waals surface area contributed by atoms with Gasteiger partial charge in [-0.3, -0.25) is 0 Å². The molecule has 1 aromatic heterocycles. The molecule has 0 spiro atoms. The molecule has 1 aliphatic rings. The molecule has 2 rings (SSSR count). The van der Waals surface area contributed by atoms with E-state index in [4.69, 9.17) is 4.74 Å². The van der Waals surface area contributed by atoms with Crippen molar-refractivity contribution in [3.05, 3.63) is 21.9 Å². The molecule has 1 aromatic rings. The van der Waals surface area contributed by atoms with E-state index in [9.17, 15) is 0 Å². The van der Waals surface area contributed by atoms with Crippen LogP contribution in [0.15, 0.2) is 12.1 Å². The number of rotatable bonds is 4. The van der Waals surface area contributed by atoms with Crippen molar-refractivity contribution in [3.8, 4) is 0 Å². The van der Waals surface area contributed by atoms with Gasteiger partial charge in [0.15, 0.2) is 0 Å². The summed E-state index contributed by atoms with van der Waals surface area (Å²) in [6.45, 7) is 6.29. The summed E-state index contributed by atoms with van der Waals surface area (Å²) in [5, 5.41) is 3.64. The zero-order valence-corrected chi connectivity index (χ0v) is 11.0. The zero-order chi connectivity index (χ0) is 11.4. The fourth-order valence-corrected chi connectivity index (χ4v) is 3.04. The number of nitrogens with one attached hydrogen (secondary N) is 1. The molecule has 2 unspecified atom stereocenters. The Morgan fingerprint density at radius 1 is 1.44 bits per heavy atom. The van der Waals surface area contributed by atoms with E-state index in [-0.39, 0.29) is 0 Å². The summed E-state index contributed by atoms with van der Waals surface area (Å²) >= 11 is 1.93. The van der Waals surface area contributed by atoms with E-state index in [0.29, 0.717) is 12.1 Å². The lowest BCUT2D eigenvalue weighted by molar-refractivity contribution is 0.0131. The molecule has 90 valence electrons. The quantitative estimate of drug-likeness (QED) is 0.872. The molecule has 0 saturated carbocycles. The van der Waals surface area contributed by atoms with Crippen LogP contribution in [-0.4, -0.2) is 18.8 Å². The molecule has 0 bridgehead atoms. The highest BCUT2D eigenvalue weighted by Crippen LogP contribution is 2.18. The minimum absolute atomic E-state index is 0.417. The third-order valence-electron chi connectivity index (χ3n) is 3.12. The SMILES string of the molecule is CCc1ccc(CNC2CCOC(C)C2)s1. The van der Waals surface area contributed by atoms with Gasteiger partial charge in [-0.2, -0.15) is 0 Å². The Bertz CT molecular complexity index is 323. The van der Waals surface area contributed by atoms with Crippen LogP contribution in [0, 0.1) is 0 Å². The Balaban J connectivity index is 1.78. The molecule has 1 saturated heterocycles. The normalized spacial score (nSPS) is 25.9. The number of hydrogen-bond acceptors (Lipinski definition) is 3. The molecule has 1 aliphatic heterocycles. The van der Waals surface area contributed by atoms with Gasteiger partial charge >= 0.3 is 0 Å². The average Bonchev–Trinajstić information content (AvgIpc) is 2.74. The van der Waals surface area contributed by atoms with Crippen molar-refractivity contribution < 1.29 is 4.74 Å². The van der Waals surface area contributed by atoms with Crippen LogP contribution in [0.5, 0.6) is 0 Å². The van der Waals surface area contributed by atoms with Crippen molar-refractivity contribution in [1.82, 2.24) is 5.32 Å². The topological polar surface area (TPSA) is 21.3 Å². The molecule has 2 nitrogen and oxygen atoms in total. The monoisotopic (exact) mass is 239 g/mol.